The van der Waals surface area contributed by atoms with Gasteiger partial charge in [0.25, 0.3) is 0 Å². The highest BCUT2D eigenvalue weighted by Gasteiger charge is 2.22. The number of pyridine rings is 1. The third-order valence-corrected chi connectivity index (χ3v) is 2.56. The number of nitrogens with two attached hydrogens (primary N) is 1. The molecule has 0 saturated heterocycles. The number of anilines is 1. The molecule has 0 aliphatic carbocycles. The van der Waals surface area contributed by atoms with Gasteiger partial charge in [-0.15, -0.1) is 0 Å². The van der Waals surface area contributed by atoms with E-state index in [1.165, 1.54) is 0 Å². The molecule has 100 valence electrons. The Balaban J connectivity index is 2.86. The molecular weight excluding hydrogens is 230 g/mol. The van der Waals surface area contributed by atoms with Crippen LogP contribution in [0.5, 0.6) is 0 Å². The molecule has 1 amide bonds. The Morgan fingerprint density at radius 3 is 2.78 bits per heavy atom. The standard InChI is InChI=1S/C13H21N3O2/c1-13(2,3)12(18)16-11-7-15-5-4-9(11)6-10(14)8-17/h4-5,7,10,17H,6,8,14H2,1-3H3,(H,16,18). The van der Waals surface area contributed by atoms with Gasteiger partial charge in [0.05, 0.1) is 18.5 Å². The second-order valence-corrected chi connectivity index (χ2v) is 5.38. The Labute approximate surface area is 107 Å². The molecule has 18 heavy (non-hydrogen) atoms. The molecule has 5 heteroatoms. The second-order valence-electron chi connectivity index (χ2n) is 5.38. The van der Waals surface area contributed by atoms with E-state index in [4.69, 9.17) is 10.8 Å². The van der Waals surface area contributed by atoms with E-state index in [1.807, 2.05) is 20.8 Å². The van der Waals surface area contributed by atoms with E-state index >= 15 is 0 Å². The summed E-state index contributed by atoms with van der Waals surface area (Å²) in [7, 11) is 0. The van der Waals surface area contributed by atoms with Crippen molar-refractivity contribution in [3.8, 4) is 0 Å². The number of aliphatic hydroxyl groups is 1. The first-order valence-corrected chi connectivity index (χ1v) is 5.95. The summed E-state index contributed by atoms with van der Waals surface area (Å²) < 4.78 is 0. The van der Waals surface area contributed by atoms with Gasteiger partial charge in [0.2, 0.25) is 5.91 Å². The summed E-state index contributed by atoms with van der Waals surface area (Å²) in [5, 5.41) is 11.8. The number of nitrogens with one attached hydrogen (secondary N) is 1. The minimum atomic E-state index is -0.466. The van der Waals surface area contributed by atoms with Gasteiger partial charge in [-0.25, -0.2) is 0 Å². The lowest BCUT2D eigenvalue weighted by Gasteiger charge is -2.19. The maximum Gasteiger partial charge on any atom is 0.229 e. The highest BCUT2D eigenvalue weighted by molar-refractivity contribution is 5.95. The normalized spacial score (nSPS) is 13.2. The van der Waals surface area contributed by atoms with Crippen LogP contribution < -0.4 is 11.1 Å². The molecular formula is C13H21N3O2. The van der Waals surface area contributed by atoms with E-state index in [1.54, 1.807) is 18.5 Å². The Kier molecular flexibility index (Phi) is 4.81. The average Bonchev–Trinajstić information content (AvgIpc) is 2.30. The fourth-order valence-corrected chi connectivity index (χ4v) is 1.37. The summed E-state index contributed by atoms with van der Waals surface area (Å²) in [6.45, 7) is 5.45. The van der Waals surface area contributed by atoms with Gasteiger partial charge >= 0.3 is 0 Å². The number of nitrogens with zero attached hydrogens (tertiary/aromatic N) is 1. The van der Waals surface area contributed by atoms with Crippen molar-refractivity contribution >= 4 is 11.6 Å². The van der Waals surface area contributed by atoms with Gasteiger partial charge < -0.3 is 16.2 Å². The number of carbonyl (C=O) groups excluding carboxylic acids is 1. The van der Waals surface area contributed by atoms with Crippen LogP contribution >= 0.6 is 0 Å². The zero-order chi connectivity index (χ0) is 13.8. The largest absolute Gasteiger partial charge is 0.395 e. The predicted molar refractivity (Wildman–Crippen MR) is 71.1 cm³/mol. The van der Waals surface area contributed by atoms with Gasteiger partial charge in [0, 0.05) is 17.7 Å². The second kappa shape index (κ2) is 5.93. The molecule has 0 fully saturated rings. The van der Waals surface area contributed by atoms with E-state index < -0.39 is 5.41 Å². The number of hydrogen-bond acceptors (Lipinski definition) is 4. The molecule has 1 aromatic heterocycles. The van der Waals surface area contributed by atoms with Crippen LogP contribution in [-0.2, 0) is 11.2 Å². The van der Waals surface area contributed by atoms with Crippen molar-refractivity contribution in [3.05, 3.63) is 24.0 Å². The van der Waals surface area contributed by atoms with Gasteiger partial charge in [-0.1, -0.05) is 20.8 Å². The number of hydrogen-bond donors (Lipinski definition) is 3. The lowest BCUT2D eigenvalue weighted by Crippen LogP contribution is -2.30. The van der Waals surface area contributed by atoms with E-state index in [0.29, 0.717) is 12.1 Å². The lowest BCUT2D eigenvalue weighted by molar-refractivity contribution is -0.123. The molecule has 0 radical (unpaired) electrons. The quantitative estimate of drug-likeness (QED) is 0.742. The maximum absolute atomic E-state index is 11.9. The zero-order valence-electron chi connectivity index (χ0n) is 11.1. The van der Waals surface area contributed by atoms with Crippen molar-refractivity contribution in [2.24, 2.45) is 11.1 Å². The molecule has 0 saturated carbocycles. The highest BCUT2D eigenvalue weighted by atomic mass is 16.3. The third kappa shape index (κ3) is 4.09. The Morgan fingerprint density at radius 1 is 1.56 bits per heavy atom. The molecule has 1 aromatic rings. The van der Waals surface area contributed by atoms with Crippen molar-refractivity contribution < 1.29 is 9.90 Å². The van der Waals surface area contributed by atoms with E-state index in [2.05, 4.69) is 10.3 Å². The van der Waals surface area contributed by atoms with Crippen LogP contribution in [0.15, 0.2) is 18.5 Å². The van der Waals surface area contributed by atoms with Crippen LogP contribution in [0.1, 0.15) is 26.3 Å². The first-order chi connectivity index (χ1) is 8.34. The fraction of sp³-hybridized carbons (Fsp3) is 0.538. The SMILES string of the molecule is CC(C)(C)C(=O)Nc1cnccc1CC(N)CO. The molecule has 1 heterocycles. The molecule has 1 rings (SSSR count). The molecule has 0 bridgehead atoms. The summed E-state index contributed by atoms with van der Waals surface area (Å²) in [5.41, 5.74) is 6.77. The van der Waals surface area contributed by atoms with Crippen LogP contribution in [0.3, 0.4) is 0 Å². The number of aliphatic hydroxyl groups excluding tert-OH is 1. The molecule has 0 spiro atoms. The number of amides is 1. The molecule has 4 N–H and O–H groups in total. The highest BCUT2D eigenvalue weighted by Crippen LogP contribution is 2.20. The summed E-state index contributed by atoms with van der Waals surface area (Å²) >= 11 is 0. The van der Waals surface area contributed by atoms with Gasteiger partial charge in [0.15, 0.2) is 0 Å². The smallest absolute Gasteiger partial charge is 0.229 e. The monoisotopic (exact) mass is 251 g/mol. The zero-order valence-corrected chi connectivity index (χ0v) is 11.1. The number of aromatic nitrogens is 1. The average molecular weight is 251 g/mol. The fourth-order valence-electron chi connectivity index (χ4n) is 1.37. The summed E-state index contributed by atoms with van der Waals surface area (Å²) in [6, 6.07) is 1.46. The van der Waals surface area contributed by atoms with Crippen LogP contribution in [0.4, 0.5) is 5.69 Å². The first-order valence-electron chi connectivity index (χ1n) is 5.95. The molecule has 1 atom stereocenters. The van der Waals surface area contributed by atoms with Gasteiger partial charge in [0.1, 0.15) is 0 Å². The van der Waals surface area contributed by atoms with Gasteiger partial charge in [-0.2, -0.15) is 0 Å². The van der Waals surface area contributed by atoms with Crippen LogP contribution in [0.2, 0.25) is 0 Å². The summed E-state index contributed by atoms with van der Waals surface area (Å²) in [5.74, 6) is -0.0747. The summed E-state index contributed by atoms with van der Waals surface area (Å²) in [6.07, 6.45) is 3.74. The van der Waals surface area contributed by atoms with Crippen molar-refractivity contribution in [1.82, 2.24) is 4.98 Å². The molecule has 5 nitrogen and oxygen atoms in total. The molecule has 0 aliphatic heterocycles. The van der Waals surface area contributed by atoms with Crippen LogP contribution in [-0.4, -0.2) is 28.6 Å². The van der Waals surface area contributed by atoms with Gasteiger partial charge in [-0.05, 0) is 18.1 Å². The van der Waals surface area contributed by atoms with Crippen molar-refractivity contribution in [1.29, 1.82) is 0 Å². The maximum atomic E-state index is 11.9. The number of carbonyl (C=O) groups is 1. The van der Waals surface area contributed by atoms with Crippen molar-refractivity contribution in [2.75, 3.05) is 11.9 Å². The predicted octanol–water partition coefficient (Wildman–Crippen LogP) is 0.928. The molecule has 0 aromatic carbocycles. The molecule has 0 aliphatic rings. The van der Waals surface area contributed by atoms with E-state index in [9.17, 15) is 4.79 Å². The third-order valence-electron chi connectivity index (χ3n) is 2.56. The minimum Gasteiger partial charge on any atom is -0.395 e. The van der Waals surface area contributed by atoms with Crippen molar-refractivity contribution in [3.63, 3.8) is 0 Å². The Morgan fingerprint density at radius 2 is 2.22 bits per heavy atom. The van der Waals surface area contributed by atoms with Crippen LogP contribution in [0.25, 0.3) is 0 Å². The Bertz CT molecular complexity index is 413. The van der Waals surface area contributed by atoms with Crippen molar-refractivity contribution in [2.45, 2.75) is 33.2 Å². The van der Waals surface area contributed by atoms with Gasteiger partial charge in [-0.3, -0.25) is 9.78 Å². The molecule has 1 unspecified atom stereocenters. The first kappa shape index (κ1) is 14.6. The summed E-state index contributed by atoms with van der Waals surface area (Å²) in [4.78, 5) is 15.9. The van der Waals surface area contributed by atoms with E-state index in [-0.39, 0.29) is 18.6 Å². The number of rotatable bonds is 4. The lowest BCUT2D eigenvalue weighted by atomic mass is 9.95. The van der Waals surface area contributed by atoms with E-state index in [0.717, 1.165) is 5.56 Å². The minimum absolute atomic E-state index is 0.0747. The Hall–Kier alpha value is -1.46. The van der Waals surface area contributed by atoms with Crippen LogP contribution in [0, 0.1) is 5.41 Å². The topological polar surface area (TPSA) is 88.2 Å².